The third-order valence-electron chi connectivity index (χ3n) is 3.46. The maximum absolute atomic E-state index is 11.2. The Kier molecular flexibility index (Phi) is 6.12. The van der Waals surface area contributed by atoms with E-state index in [0.717, 1.165) is 0 Å². The standard InChI is InChI=1S/C13H22N2O5/c1-3-4-8-5-9(13(19)20)15-11(8)12(10(18)6-16)14-7(2)17/h3-4,8-12,15-16,18H,5-6H2,1-2H3,(H,14,17)(H,19,20)/t8-,9+,10-,11+,12-/m0/s1. The summed E-state index contributed by atoms with van der Waals surface area (Å²) in [5.41, 5.74) is 0. The number of amides is 1. The van der Waals surface area contributed by atoms with E-state index in [9.17, 15) is 14.7 Å². The van der Waals surface area contributed by atoms with Gasteiger partial charge in [-0.25, -0.2) is 0 Å². The molecule has 7 heteroatoms. The van der Waals surface area contributed by atoms with Crippen molar-refractivity contribution in [2.24, 2.45) is 5.92 Å². The second kappa shape index (κ2) is 7.37. The monoisotopic (exact) mass is 286 g/mol. The predicted molar refractivity (Wildman–Crippen MR) is 72.0 cm³/mol. The number of nitrogens with one attached hydrogen (secondary N) is 2. The number of aliphatic hydroxyl groups excluding tert-OH is 2. The molecule has 0 aliphatic carbocycles. The second-order valence-electron chi connectivity index (χ2n) is 4.98. The summed E-state index contributed by atoms with van der Waals surface area (Å²) in [4.78, 5) is 22.3. The average Bonchev–Trinajstić information content (AvgIpc) is 2.79. The molecule has 1 aliphatic heterocycles. The van der Waals surface area contributed by atoms with E-state index in [-0.39, 0.29) is 11.8 Å². The molecule has 0 aromatic carbocycles. The largest absolute Gasteiger partial charge is 0.480 e. The van der Waals surface area contributed by atoms with Gasteiger partial charge in [0.1, 0.15) is 6.04 Å². The summed E-state index contributed by atoms with van der Waals surface area (Å²) in [7, 11) is 0. The summed E-state index contributed by atoms with van der Waals surface area (Å²) in [6, 6.07) is -1.93. The Morgan fingerprint density at radius 3 is 2.60 bits per heavy atom. The number of carboxylic acids is 1. The fourth-order valence-electron chi connectivity index (χ4n) is 2.60. The fourth-order valence-corrected chi connectivity index (χ4v) is 2.60. The molecule has 20 heavy (non-hydrogen) atoms. The van der Waals surface area contributed by atoms with Crippen LogP contribution in [0.3, 0.4) is 0 Å². The number of carbonyl (C=O) groups is 2. The van der Waals surface area contributed by atoms with Crippen LogP contribution in [0, 0.1) is 5.92 Å². The molecular weight excluding hydrogens is 264 g/mol. The minimum atomic E-state index is -1.16. The second-order valence-corrected chi connectivity index (χ2v) is 4.98. The lowest BCUT2D eigenvalue weighted by Crippen LogP contribution is -2.57. The van der Waals surface area contributed by atoms with Crippen LogP contribution < -0.4 is 10.6 Å². The molecule has 0 bridgehead atoms. The van der Waals surface area contributed by atoms with Crippen LogP contribution in [-0.4, -0.2) is 58.0 Å². The lowest BCUT2D eigenvalue weighted by atomic mass is 9.90. The maximum atomic E-state index is 11.2. The van der Waals surface area contributed by atoms with Crippen molar-refractivity contribution < 1.29 is 24.9 Å². The van der Waals surface area contributed by atoms with Crippen LogP contribution in [0.1, 0.15) is 20.3 Å². The van der Waals surface area contributed by atoms with E-state index in [4.69, 9.17) is 10.2 Å². The van der Waals surface area contributed by atoms with E-state index in [1.807, 2.05) is 13.0 Å². The van der Waals surface area contributed by atoms with Crippen LogP contribution in [0.25, 0.3) is 0 Å². The Morgan fingerprint density at radius 2 is 2.15 bits per heavy atom. The van der Waals surface area contributed by atoms with Gasteiger partial charge in [0.15, 0.2) is 0 Å². The number of carbonyl (C=O) groups excluding carboxylic acids is 1. The van der Waals surface area contributed by atoms with Crippen LogP contribution in [-0.2, 0) is 9.59 Å². The minimum Gasteiger partial charge on any atom is -0.480 e. The van der Waals surface area contributed by atoms with Crippen molar-refractivity contribution in [3.8, 4) is 0 Å². The van der Waals surface area contributed by atoms with E-state index < -0.39 is 36.8 Å². The SMILES string of the molecule is CC=C[C@H]1C[C@H](C(=O)O)N[C@H]1[C@@H](NC(C)=O)[C@@H](O)CO. The lowest BCUT2D eigenvalue weighted by molar-refractivity contribution is -0.139. The molecule has 1 rings (SSSR count). The van der Waals surface area contributed by atoms with Crippen LogP contribution in [0.4, 0.5) is 0 Å². The zero-order valence-corrected chi connectivity index (χ0v) is 11.6. The van der Waals surface area contributed by atoms with Crippen LogP contribution >= 0.6 is 0 Å². The van der Waals surface area contributed by atoms with Crippen molar-refractivity contribution in [2.45, 2.75) is 44.5 Å². The van der Waals surface area contributed by atoms with Gasteiger partial charge in [0.25, 0.3) is 0 Å². The summed E-state index contributed by atoms with van der Waals surface area (Å²) in [5, 5.41) is 33.6. The van der Waals surface area contributed by atoms with Gasteiger partial charge in [0.2, 0.25) is 5.91 Å². The van der Waals surface area contributed by atoms with Crippen molar-refractivity contribution >= 4 is 11.9 Å². The molecule has 0 saturated carbocycles. The molecule has 114 valence electrons. The normalized spacial score (nSPS) is 29.3. The van der Waals surface area contributed by atoms with Crippen LogP contribution in [0.2, 0.25) is 0 Å². The first-order chi connectivity index (χ1) is 9.40. The van der Waals surface area contributed by atoms with Gasteiger partial charge in [0, 0.05) is 13.0 Å². The van der Waals surface area contributed by atoms with E-state index >= 15 is 0 Å². The van der Waals surface area contributed by atoms with Gasteiger partial charge < -0.3 is 20.6 Å². The van der Waals surface area contributed by atoms with Crippen molar-refractivity contribution in [2.75, 3.05) is 6.61 Å². The molecule has 1 saturated heterocycles. The number of hydrogen-bond donors (Lipinski definition) is 5. The molecule has 7 nitrogen and oxygen atoms in total. The minimum absolute atomic E-state index is 0.140. The molecule has 0 aromatic heterocycles. The number of aliphatic carboxylic acids is 1. The van der Waals surface area contributed by atoms with Gasteiger partial charge >= 0.3 is 5.97 Å². The number of hydrogen-bond acceptors (Lipinski definition) is 5. The molecule has 1 aliphatic rings. The molecule has 1 fully saturated rings. The topological polar surface area (TPSA) is 119 Å². The van der Waals surface area contributed by atoms with E-state index in [0.29, 0.717) is 6.42 Å². The number of allylic oxidation sites excluding steroid dienone is 1. The average molecular weight is 286 g/mol. The quantitative estimate of drug-likeness (QED) is 0.393. The van der Waals surface area contributed by atoms with Gasteiger partial charge in [-0.05, 0) is 19.3 Å². The molecular formula is C13H22N2O5. The summed E-state index contributed by atoms with van der Waals surface area (Å²) in [6.45, 7) is 2.62. The summed E-state index contributed by atoms with van der Waals surface area (Å²) < 4.78 is 0. The van der Waals surface area contributed by atoms with Crippen LogP contribution in [0.5, 0.6) is 0 Å². The molecule has 5 N–H and O–H groups in total. The molecule has 0 spiro atoms. The van der Waals surface area contributed by atoms with Crippen molar-refractivity contribution in [1.29, 1.82) is 0 Å². The Hall–Kier alpha value is -1.44. The molecule has 1 heterocycles. The van der Waals surface area contributed by atoms with Gasteiger partial charge in [0.05, 0.1) is 18.8 Å². The highest BCUT2D eigenvalue weighted by atomic mass is 16.4. The molecule has 0 unspecified atom stereocenters. The summed E-state index contributed by atoms with van der Waals surface area (Å²) in [5.74, 6) is -1.46. The first-order valence-electron chi connectivity index (χ1n) is 6.58. The van der Waals surface area contributed by atoms with Crippen molar-refractivity contribution in [3.05, 3.63) is 12.2 Å². The third-order valence-corrected chi connectivity index (χ3v) is 3.46. The Morgan fingerprint density at radius 1 is 1.50 bits per heavy atom. The lowest BCUT2D eigenvalue weighted by Gasteiger charge is -2.31. The van der Waals surface area contributed by atoms with Gasteiger partial charge in [-0.2, -0.15) is 0 Å². The summed E-state index contributed by atoms with van der Waals surface area (Å²) in [6.07, 6.45) is 2.87. The van der Waals surface area contributed by atoms with Crippen LogP contribution in [0.15, 0.2) is 12.2 Å². The van der Waals surface area contributed by atoms with E-state index in [1.54, 1.807) is 6.08 Å². The highest BCUT2D eigenvalue weighted by Gasteiger charge is 2.42. The van der Waals surface area contributed by atoms with E-state index in [1.165, 1.54) is 6.92 Å². The highest BCUT2D eigenvalue weighted by Crippen LogP contribution is 2.26. The Labute approximate surface area is 117 Å². The van der Waals surface area contributed by atoms with Crippen molar-refractivity contribution in [3.63, 3.8) is 0 Å². The molecule has 0 aromatic rings. The molecule has 0 radical (unpaired) electrons. The fraction of sp³-hybridized carbons (Fsp3) is 0.692. The molecule has 1 amide bonds. The zero-order chi connectivity index (χ0) is 15.3. The third kappa shape index (κ3) is 4.03. The smallest absolute Gasteiger partial charge is 0.320 e. The number of carboxylic acid groups (broad SMARTS) is 1. The summed E-state index contributed by atoms with van der Waals surface area (Å²) >= 11 is 0. The maximum Gasteiger partial charge on any atom is 0.320 e. The first-order valence-corrected chi connectivity index (χ1v) is 6.58. The van der Waals surface area contributed by atoms with Gasteiger partial charge in [-0.3, -0.25) is 14.9 Å². The Bertz CT molecular complexity index is 385. The predicted octanol–water partition coefficient (Wildman–Crippen LogP) is -1.15. The first kappa shape index (κ1) is 16.6. The zero-order valence-electron chi connectivity index (χ0n) is 11.6. The Balaban J connectivity index is 2.95. The van der Waals surface area contributed by atoms with E-state index in [2.05, 4.69) is 10.6 Å². The number of aliphatic hydroxyl groups is 2. The van der Waals surface area contributed by atoms with Crippen molar-refractivity contribution in [1.82, 2.24) is 10.6 Å². The number of rotatable bonds is 6. The highest BCUT2D eigenvalue weighted by molar-refractivity contribution is 5.75. The molecule has 5 atom stereocenters. The van der Waals surface area contributed by atoms with Gasteiger partial charge in [-0.1, -0.05) is 12.2 Å². The van der Waals surface area contributed by atoms with Gasteiger partial charge in [-0.15, -0.1) is 0 Å².